The van der Waals surface area contributed by atoms with Gasteiger partial charge in [0, 0.05) is 0 Å². The Morgan fingerprint density at radius 2 is 1.94 bits per heavy atom. The molecule has 0 saturated carbocycles. The van der Waals surface area contributed by atoms with E-state index in [1.807, 2.05) is 0 Å². The summed E-state index contributed by atoms with van der Waals surface area (Å²) in [6, 6.07) is 5.87. The number of hydrogen-bond acceptors (Lipinski definition) is 3. The van der Waals surface area contributed by atoms with Gasteiger partial charge in [0.1, 0.15) is 11.8 Å². The average molecular weight is 242 g/mol. The van der Waals surface area contributed by atoms with Crippen molar-refractivity contribution in [2.24, 2.45) is 0 Å². The minimum absolute atomic E-state index is 0.295. The fourth-order valence-corrected chi connectivity index (χ4v) is 1.78. The standard InChI is InChI=1S/C11H9F3N2O/c1-17-8-4-2-7(3-5-8)10(6-15)9(16-10)11(12,13)14/h2-5,9,16H,1H3/t9-,10-/m0/s1. The van der Waals surface area contributed by atoms with Gasteiger partial charge in [0.15, 0.2) is 5.54 Å². The number of hydrogen-bond donors (Lipinski definition) is 1. The molecule has 0 spiro atoms. The highest BCUT2D eigenvalue weighted by atomic mass is 19.4. The van der Waals surface area contributed by atoms with Gasteiger partial charge in [-0.15, -0.1) is 0 Å². The van der Waals surface area contributed by atoms with Gasteiger partial charge in [0.05, 0.1) is 13.2 Å². The lowest BCUT2D eigenvalue weighted by atomic mass is 9.96. The zero-order chi connectivity index (χ0) is 12.7. The molecule has 0 unspecified atom stereocenters. The number of methoxy groups -OCH3 is 1. The molecule has 6 heteroatoms. The minimum Gasteiger partial charge on any atom is -0.497 e. The smallest absolute Gasteiger partial charge is 0.407 e. The summed E-state index contributed by atoms with van der Waals surface area (Å²) in [5.74, 6) is 0.533. The van der Waals surface area contributed by atoms with Crippen LogP contribution in [-0.2, 0) is 5.54 Å². The summed E-state index contributed by atoms with van der Waals surface area (Å²) in [5, 5.41) is 11.1. The van der Waals surface area contributed by atoms with Crippen LogP contribution in [0.3, 0.4) is 0 Å². The Bertz CT molecular complexity index is 463. The van der Waals surface area contributed by atoms with E-state index in [2.05, 4.69) is 5.32 Å². The molecular weight excluding hydrogens is 233 g/mol. The quantitative estimate of drug-likeness (QED) is 0.806. The molecule has 90 valence electrons. The monoisotopic (exact) mass is 242 g/mol. The van der Waals surface area contributed by atoms with Crippen LogP contribution in [0.4, 0.5) is 13.2 Å². The van der Waals surface area contributed by atoms with E-state index in [0.29, 0.717) is 11.3 Å². The number of nitriles is 1. The van der Waals surface area contributed by atoms with Crippen LogP contribution in [0.25, 0.3) is 0 Å². The summed E-state index contributed by atoms with van der Waals surface area (Å²) in [6.07, 6.45) is -4.42. The predicted octanol–water partition coefficient (Wildman–Crippen LogP) is 1.95. The summed E-state index contributed by atoms with van der Waals surface area (Å²) >= 11 is 0. The van der Waals surface area contributed by atoms with E-state index in [1.165, 1.54) is 31.4 Å². The van der Waals surface area contributed by atoms with Crippen molar-refractivity contribution >= 4 is 0 Å². The van der Waals surface area contributed by atoms with Gasteiger partial charge in [-0.3, -0.25) is 5.32 Å². The van der Waals surface area contributed by atoms with Crippen molar-refractivity contribution in [1.82, 2.24) is 5.32 Å². The average Bonchev–Trinajstić information content (AvgIpc) is 3.05. The lowest BCUT2D eigenvalue weighted by Gasteiger charge is -2.09. The molecule has 1 aromatic rings. The maximum atomic E-state index is 12.5. The van der Waals surface area contributed by atoms with Gasteiger partial charge in [-0.2, -0.15) is 18.4 Å². The van der Waals surface area contributed by atoms with Gasteiger partial charge in [-0.25, -0.2) is 0 Å². The van der Waals surface area contributed by atoms with Crippen molar-refractivity contribution in [3.63, 3.8) is 0 Å². The molecular formula is C11H9F3N2O. The summed E-state index contributed by atoms with van der Waals surface area (Å²) in [7, 11) is 1.46. The van der Waals surface area contributed by atoms with Crippen molar-refractivity contribution in [3.05, 3.63) is 29.8 Å². The Labute approximate surface area is 95.8 Å². The van der Waals surface area contributed by atoms with Gasteiger partial charge in [-0.1, -0.05) is 12.1 Å². The Morgan fingerprint density at radius 3 is 2.29 bits per heavy atom. The Kier molecular flexibility index (Phi) is 2.51. The normalized spacial score (nSPS) is 27.4. The first-order valence-electron chi connectivity index (χ1n) is 4.84. The van der Waals surface area contributed by atoms with Crippen LogP contribution in [0.5, 0.6) is 5.75 Å². The molecule has 1 aromatic carbocycles. The van der Waals surface area contributed by atoms with Crippen LogP contribution in [-0.4, -0.2) is 19.3 Å². The minimum atomic E-state index is -4.42. The van der Waals surface area contributed by atoms with Gasteiger partial charge in [-0.05, 0) is 17.7 Å². The van der Waals surface area contributed by atoms with Crippen LogP contribution in [0.15, 0.2) is 24.3 Å². The molecule has 0 amide bonds. The highest BCUT2D eigenvalue weighted by Gasteiger charge is 2.68. The van der Waals surface area contributed by atoms with Crippen LogP contribution >= 0.6 is 0 Å². The number of benzene rings is 1. The van der Waals surface area contributed by atoms with E-state index in [4.69, 9.17) is 10.00 Å². The molecule has 0 aliphatic carbocycles. The number of ether oxygens (including phenoxy) is 1. The Morgan fingerprint density at radius 1 is 1.35 bits per heavy atom. The molecule has 0 aromatic heterocycles. The van der Waals surface area contributed by atoms with E-state index in [1.54, 1.807) is 6.07 Å². The molecule has 3 nitrogen and oxygen atoms in total. The molecule has 0 bridgehead atoms. The summed E-state index contributed by atoms with van der Waals surface area (Å²) in [4.78, 5) is 0. The maximum Gasteiger partial charge on any atom is 0.407 e. The first-order chi connectivity index (χ1) is 7.94. The van der Waals surface area contributed by atoms with Crippen molar-refractivity contribution in [1.29, 1.82) is 5.26 Å². The Balaban J connectivity index is 2.30. The predicted molar refractivity (Wildman–Crippen MR) is 53.3 cm³/mol. The number of rotatable bonds is 2. The third-order valence-electron chi connectivity index (χ3n) is 2.77. The van der Waals surface area contributed by atoms with Crippen molar-refractivity contribution in [3.8, 4) is 11.8 Å². The molecule has 2 atom stereocenters. The van der Waals surface area contributed by atoms with E-state index >= 15 is 0 Å². The number of nitrogens with one attached hydrogen (secondary N) is 1. The molecule has 0 radical (unpaired) electrons. The van der Waals surface area contributed by atoms with Gasteiger partial charge in [0.2, 0.25) is 0 Å². The van der Waals surface area contributed by atoms with Crippen LogP contribution < -0.4 is 10.1 Å². The fourth-order valence-electron chi connectivity index (χ4n) is 1.78. The molecule has 1 heterocycles. The van der Waals surface area contributed by atoms with Gasteiger partial charge >= 0.3 is 6.18 Å². The lowest BCUT2D eigenvalue weighted by molar-refractivity contribution is -0.131. The summed E-state index contributed by atoms with van der Waals surface area (Å²) < 4.78 is 42.5. The van der Waals surface area contributed by atoms with Crippen LogP contribution in [0, 0.1) is 11.3 Å². The third kappa shape index (κ3) is 1.83. The van der Waals surface area contributed by atoms with E-state index < -0.39 is 17.8 Å². The topological polar surface area (TPSA) is 55.0 Å². The number of alkyl halides is 3. The van der Waals surface area contributed by atoms with Gasteiger partial charge in [0.25, 0.3) is 0 Å². The highest BCUT2D eigenvalue weighted by Crippen LogP contribution is 2.46. The van der Waals surface area contributed by atoms with Crippen molar-refractivity contribution in [2.75, 3.05) is 7.11 Å². The largest absolute Gasteiger partial charge is 0.497 e. The number of nitrogens with zero attached hydrogens (tertiary/aromatic N) is 1. The summed E-state index contributed by atoms with van der Waals surface area (Å²) in [6.45, 7) is 0. The Hall–Kier alpha value is -1.74. The van der Waals surface area contributed by atoms with Crippen LogP contribution in [0.1, 0.15) is 5.56 Å². The third-order valence-corrected chi connectivity index (χ3v) is 2.77. The zero-order valence-electron chi connectivity index (χ0n) is 8.88. The fraction of sp³-hybridized carbons (Fsp3) is 0.364. The first-order valence-corrected chi connectivity index (χ1v) is 4.84. The maximum absolute atomic E-state index is 12.5. The second kappa shape index (κ2) is 3.64. The van der Waals surface area contributed by atoms with Gasteiger partial charge < -0.3 is 4.74 Å². The van der Waals surface area contributed by atoms with Crippen LogP contribution in [0.2, 0.25) is 0 Å². The second-order valence-electron chi connectivity index (χ2n) is 3.77. The SMILES string of the molecule is COc1ccc([C@]2(C#N)N[C@@H]2C(F)(F)F)cc1. The first kappa shape index (κ1) is 11.7. The second-order valence-corrected chi connectivity index (χ2v) is 3.77. The van der Waals surface area contributed by atoms with E-state index in [0.717, 1.165) is 0 Å². The molecule has 1 N–H and O–H groups in total. The van der Waals surface area contributed by atoms with Crippen molar-refractivity contribution < 1.29 is 17.9 Å². The number of halogens is 3. The van der Waals surface area contributed by atoms with E-state index in [9.17, 15) is 13.2 Å². The summed E-state index contributed by atoms with van der Waals surface area (Å²) in [5.41, 5.74) is -1.35. The lowest BCUT2D eigenvalue weighted by Crippen LogP contribution is -2.24. The molecule has 1 aliphatic heterocycles. The van der Waals surface area contributed by atoms with Crippen molar-refractivity contribution in [2.45, 2.75) is 17.8 Å². The molecule has 1 aliphatic rings. The molecule has 17 heavy (non-hydrogen) atoms. The van der Waals surface area contributed by atoms with E-state index in [-0.39, 0.29) is 0 Å². The molecule has 1 fully saturated rings. The zero-order valence-corrected chi connectivity index (χ0v) is 8.88. The molecule has 1 saturated heterocycles. The molecule has 2 rings (SSSR count). The highest BCUT2D eigenvalue weighted by molar-refractivity contribution is 5.45.